The Morgan fingerprint density at radius 1 is 0.864 bits per heavy atom. The summed E-state index contributed by atoms with van der Waals surface area (Å²) in [5, 5.41) is 12.4. The summed E-state index contributed by atoms with van der Waals surface area (Å²) in [6.07, 6.45) is -15.4. The SMILES string of the molecule is CC(C)(C)OC(=O)[C@H]1CC[C@H](C(=O)OCN(C(=O)c2cc(-c3cnn(-c4c(Cl)cc(C(F)(C(F)(F)F)C(F)(F)F)cc4OC(F)(F)F)c3)ccc2Cl)C2(C#N)CC2)CC1. The zero-order valence-corrected chi connectivity index (χ0v) is 32.4. The van der Waals surface area contributed by atoms with Crippen molar-refractivity contribution in [3.8, 4) is 28.6 Å². The molecule has 0 radical (unpaired) electrons. The molecular weight excluding hydrogens is 857 g/mol. The molecule has 0 spiro atoms. The second-order valence-electron chi connectivity index (χ2n) is 14.9. The summed E-state index contributed by atoms with van der Waals surface area (Å²) in [6.45, 7) is 4.55. The molecule has 0 unspecified atom stereocenters. The third-order valence-corrected chi connectivity index (χ3v) is 10.2. The third kappa shape index (κ3) is 9.66. The smallest absolute Gasteiger partial charge is 0.460 e. The number of hydrogen-bond acceptors (Lipinski definition) is 8. The summed E-state index contributed by atoms with van der Waals surface area (Å²) >= 11 is 12.3. The Bertz CT molecular complexity index is 2130. The molecule has 0 atom stereocenters. The van der Waals surface area contributed by atoms with Gasteiger partial charge in [-0.1, -0.05) is 29.3 Å². The molecule has 320 valence electrons. The average Bonchev–Trinajstić information content (AvgIpc) is 3.76. The normalized spacial score (nSPS) is 18.4. The minimum atomic E-state index is -6.69. The van der Waals surface area contributed by atoms with Gasteiger partial charge in [-0.25, -0.2) is 9.07 Å². The van der Waals surface area contributed by atoms with Gasteiger partial charge in [0.15, 0.2) is 12.5 Å². The van der Waals surface area contributed by atoms with E-state index in [1.165, 1.54) is 18.2 Å². The molecule has 0 saturated heterocycles. The monoisotopic (exact) mass is 888 g/mol. The maximum Gasteiger partial charge on any atom is 0.573 e. The number of ether oxygens (including phenoxy) is 3. The van der Waals surface area contributed by atoms with Crippen LogP contribution >= 0.6 is 23.2 Å². The van der Waals surface area contributed by atoms with Gasteiger partial charge in [0.05, 0.1) is 39.7 Å². The van der Waals surface area contributed by atoms with E-state index < -0.39 is 94.1 Å². The molecule has 59 heavy (non-hydrogen) atoms. The largest absolute Gasteiger partial charge is 0.573 e. The fourth-order valence-electron chi connectivity index (χ4n) is 6.43. The molecule has 0 N–H and O–H groups in total. The number of carbonyl (C=O) groups is 3. The molecule has 22 heteroatoms. The second-order valence-corrected chi connectivity index (χ2v) is 15.7. The van der Waals surface area contributed by atoms with Gasteiger partial charge in [0.2, 0.25) is 0 Å². The lowest BCUT2D eigenvalue weighted by Crippen LogP contribution is -2.50. The van der Waals surface area contributed by atoms with E-state index in [0.717, 1.165) is 17.3 Å². The van der Waals surface area contributed by atoms with Gasteiger partial charge in [0.25, 0.3) is 5.91 Å². The Morgan fingerprint density at radius 2 is 1.44 bits per heavy atom. The number of halogens is 12. The number of esters is 2. The fourth-order valence-corrected chi connectivity index (χ4v) is 6.92. The molecule has 2 saturated carbocycles. The first-order valence-corrected chi connectivity index (χ1v) is 18.3. The molecule has 2 aliphatic carbocycles. The average molecular weight is 890 g/mol. The van der Waals surface area contributed by atoms with Crippen molar-refractivity contribution >= 4 is 41.0 Å². The number of benzene rings is 2. The zero-order valence-electron chi connectivity index (χ0n) is 30.9. The van der Waals surface area contributed by atoms with Crippen LogP contribution in [0.4, 0.5) is 43.9 Å². The van der Waals surface area contributed by atoms with E-state index in [0.29, 0.717) is 30.4 Å². The molecule has 0 aliphatic heterocycles. The topological polar surface area (TPSA) is 124 Å². The molecular formula is C37H32Cl2F10N4O6. The van der Waals surface area contributed by atoms with Crippen molar-refractivity contribution in [3.05, 3.63) is 63.9 Å². The number of rotatable bonds is 10. The lowest BCUT2D eigenvalue weighted by Gasteiger charge is -2.31. The maximum atomic E-state index is 14.9. The fraction of sp³-hybridized carbons (Fsp3) is 0.486. The predicted molar refractivity (Wildman–Crippen MR) is 187 cm³/mol. The van der Waals surface area contributed by atoms with Crippen LogP contribution in [-0.2, 0) is 24.7 Å². The van der Waals surface area contributed by atoms with Crippen LogP contribution in [0.15, 0.2) is 42.7 Å². The Hall–Kier alpha value is -4.77. The highest BCUT2D eigenvalue weighted by atomic mass is 35.5. The standard InChI is InChI=1S/C37H32Cl2F10N4O6/c1-32(2,3)59-31(56)20-6-4-19(5-7-20)30(55)57-18-52(33(17-50)10-11-33)29(54)24-12-21(8-9-25(24)38)22-15-51-53(16-22)28-26(39)13-23(14-27(28)58-37(47,48)49)34(40,35(41,42)43)36(44,45)46/h8-9,12-16,19-20H,4-7,10-11,18H2,1-3H3/t19-,20-. The van der Waals surface area contributed by atoms with Gasteiger partial charge in [0, 0.05) is 17.3 Å². The first-order valence-electron chi connectivity index (χ1n) is 17.5. The van der Waals surface area contributed by atoms with E-state index in [-0.39, 0.29) is 46.6 Å². The van der Waals surface area contributed by atoms with Crippen molar-refractivity contribution in [2.24, 2.45) is 11.8 Å². The number of hydrogen-bond donors (Lipinski definition) is 0. The summed E-state index contributed by atoms with van der Waals surface area (Å²) in [4.78, 5) is 40.6. The molecule has 5 rings (SSSR count). The number of carbonyl (C=O) groups excluding carboxylic acids is 3. The third-order valence-electron chi connectivity index (χ3n) is 9.61. The predicted octanol–water partition coefficient (Wildman–Crippen LogP) is 10.2. The molecule has 0 bridgehead atoms. The first-order chi connectivity index (χ1) is 27.1. The van der Waals surface area contributed by atoms with E-state index in [1.54, 1.807) is 20.8 Å². The minimum absolute atomic E-state index is 0.0272. The summed E-state index contributed by atoms with van der Waals surface area (Å²) in [6, 6.07) is 5.16. The second kappa shape index (κ2) is 16.0. The van der Waals surface area contributed by atoms with Crippen LogP contribution in [0, 0.1) is 23.2 Å². The van der Waals surface area contributed by atoms with Crippen molar-refractivity contribution in [1.82, 2.24) is 14.7 Å². The highest BCUT2D eigenvalue weighted by molar-refractivity contribution is 6.34. The van der Waals surface area contributed by atoms with Gasteiger partial charge in [-0.15, -0.1) is 13.2 Å². The Kier molecular flexibility index (Phi) is 12.3. The van der Waals surface area contributed by atoms with Gasteiger partial charge in [-0.2, -0.15) is 36.7 Å². The highest BCUT2D eigenvalue weighted by Gasteiger charge is 2.73. The Morgan fingerprint density at radius 3 is 1.95 bits per heavy atom. The van der Waals surface area contributed by atoms with Gasteiger partial charge < -0.3 is 14.2 Å². The van der Waals surface area contributed by atoms with Crippen LogP contribution in [-0.4, -0.2) is 69.1 Å². The number of amides is 1. The Labute approximate surface area is 338 Å². The molecule has 2 aromatic carbocycles. The minimum Gasteiger partial charge on any atom is -0.460 e. The molecule has 10 nitrogen and oxygen atoms in total. The van der Waals surface area contributed by atoms with Crippen molar-refractivity contribution in [3.63, 3.8) is 0 Å². The first kappa shape index (κ1) is 45.3. The van der Waals surface area contributed by atoms with E-state index in [4.69, 9.17) is 32.7 Å². The lowest BCUT2D eigenvalue weighted by molar-refractivity contribution is -0.348. The molecule has 2 aliphatic rings. The summed E-state index contributed by atoms with van der Waals surface area (Å²) in [5.74, 6) is -4.69. The van der Waals surface area contributed by atoms with Gasteiger partial charge in [-0.3, -0.25) is 19.3 Å². The van der Waals surface area contributed by atoms with Crippen LogP contribution in [0.1, 0.15) is 75.2 Å². The Balaban J connectivity index is 1.41. The zero-order chi connectivity index (χ0) is 44.1. The van der Waals surface area contributed by atoms with Crippen LogP contribution < -0.4 is 4.74 Å². The number of nitrogens with zero attached hydrogens (tertiary/aromatic N) is 4. The van der Waals surface area contributed by atoms with Crippen molar-refractivity contribution in [2.45, 2.75) is 94.8 Å². The summed E-state index contributed by atoms with van der Waals surface area (Å²) < 4.78 is 151. The van der Waals surface area contributed by atoms with Crippen LogP contribution in [0.5, 0.6) is 5.75 Å². The van der Waals surface area contributed by atoms with Crippen molar-refractivity contribution < 1.29 is 72.5 Å². The van der Waals surface area contributed by atoms with E-state index in [9.17, 15) is 63.5 Å². The van der Waals surface area contributed by atoms with Crippen LogP contribution in [0.25, 0.3) is 16.8 Å². The van der Waals surface area contributed by atoms with Crippen molar-refractivity contribution in [2.75, 3.05) is 6.73 Å². The molecule has 2 fully saturated rings. The summed E-state index contributed by atoms with van der Waals surface area (Å²) in [5.41, 5.74) is -11.8. The molecule has 1 heterocycles. The highest BCUT2D eigenvalue weighted by Crippen LogP contribution is 2.55. The van der Waals surface area contributed by atoms with Crippen molar-refractivity contribution in [1.29, 1.82) is 5.26 Å². The van der Waals surface area contributed by atoms with E-state index in [2.05, 4.69) is 9.84 Å². The van der Waals surface area contributed by atoms with Gasteiger partial charge in [0.1, 0.15) is 16.8 Å². The number of alkyl halides is 10. The number of aromatic nitrogens is 2. The quantitative estimate of drug-likeness (QED) is 0.112. The molecule has 3 aromatic rings. The van der Waals surface area contributed by atoms with Gasteiger partial charge in [-0.05, 0) is 89.1 Å². The maximum absolute atomic E-state index is 14.9. The lowest BCUT2D eigenvalue weighted by atomic mass is 9.82. The van der Waals surface area contributed by atoms with Crippen LogP contribution in [0.2, 0.25) is 10.0 Å². The molecule has 1 amide bonds. The van der Waals surface area contributed by atoms with E-state index in [1.807, 2.05) is 6.07 Å². The molecule has 1 aromatic heterocycles. The van der Waals surface area contributed by atoms with Gasteiger partial charge >= 0.3 is 36.3 Å². The van der Waals surface area contributed by atoms with E-state index >= 15 is 0 Å². The van der Waals surface area contributed by atoms with Crippen LogP contribution in [0.3, 0.4) is 0 Å². The number of nitriles is 1. The summed E-state index contributed by atoms with van der Waals surface area (Å²) in [7, 11) is 0.